The van der Waals surface area contributed by atoms with Crippen LogP contribution >= 0.6 is 0 Å². The summed E-state index contributed by atoms with van der Waals surface area (Å²) in [5.41, 5.74) is 1.57. The third-order valence-electron chi connectivity index (χ3n) is 5.94. The molecule has 1 saturated heterocycles. The van der Waals surface area contributed by atoms with Gasteiger partial charge in [0.25, 0.3) is 11.5 Å². The Bertz CT molecular complexity index is 1180. The highest BCUT2D eigenvalue weighted by molar-refractivity contribution is 5.91. The Hall–Kier alpha value is -3.11. The Morgan fingerprint density at radius 2 is 2.10 bits per heavy atom. The fourth-order valence-electron chi connectivity index (χ4n) is 4.08. The molecule has 10 heteroatoms. The maximum atomic E-state index is 14.8. The molecular formula is C21H25FN6O3. The molecule has 4 heterocycles. The summed E-state index contributed by atoms with van der Waals surface area (Å²) in [4.78, 5) is 32.4. The van der Waals surface area contributed by atoms with Crippen molar-refractivity contribution in [2.45, 2.75) is 31.9 Å². The molecular weight excluding hydrogens is 403 g/mol. The lowest BCUT2D eigenvalue weighted by Gasteiger charge is -2.40. The number of H-pyrrole nitrogens is 1. The lowest BCUT2D eigenvalue weighted by molar-refractivity contribution is -0.0665. The number of hydrogen-bond acceptors (Lipinski definition) is 6. The Morgan fingerprint density at radius 3 is 2.74 bits per heavy atom. The van der Waals surface area contributed by atoms with Crippen molar-refractivity contribution in [3.63, 3.8) is 0 Å². The molecule has 2 N–H and O–H groups in total. The number of carbonyl (C=O) groups is 1. The SMILES string of the molecule is CNC(=O)c1ccc(C2(OC)CCN(Cc3cc4[nH]c(=O)c(C)cn4n3)CC2)c(F)n1. The number of nitrogens with one attached hydrogen (secondary N) is 2. The van der Waals surface area contributed by atoms with E-state index in [9.17, 15) is 14.0 Å². The predicted octanol–water partition coefficient (Wildman–Crippen LogP) is 1.36. The van der Waals surface area contributed by atoms with Gasteiger partial charge in [0.1, 0.15) is 11.3 Å². The number of ether oxygens (including phenoxy) is 1. The first-order chi connectivity index (χ1) is 14.8. The van der Waals surface area contributed by atoms with Crippen molar-refractivity contribution in [2.75, 3.05) is 27.2 Å². The van der Waals surface area contributed by atoms with E-state index in [1.165, 1.54) is 13.1 Å². The lowest BCUT2D eigenvalue weighted by atomic mass is 9.84. The van der Waals surface area contributed by atoms with Gasteiger partial charge in [0.05, 0.1) is 11.3 Å². The molecule has 0 radical (unpaired) electrons. The first kappa shape index (κ1) is 21.1. The molecule has 0 unspecified atom stereocenters. The van der Waals surface area contributed by atoms with Gasteiger partial charge in [-0.1, -0.05) is 0 Å². The number of likely N-dealkylation sites (tertiary alicyclic amines) is 1. The normalized spacial score (nSPS) is 16.5. The van der Waals surface area contributed by atoms with Crippen molar-refractivity contribution in [1.29, 1.82) is 0 Å². The van der Waals surface area contributed by atoms with Gasteiger partial charge in [-0.15, -0.1) is 0 Å². The third-order valence-corrected chi connectivity index (χ3v) is 5.94. The number of nitrogens with zero attached hydrogens (tertiary/aromatic N) is 4. The second-order valence-electron chi connectivity index (χ2n) is 7.82. The van der Waals surface area contributed by atoms with Gasteiger partial charge in [-0.2, -0.15) is 9.49 Å². The summed E-state index contributed by atoms with van der Waals surface area (Å²) in [5, 5.41) is 6.98. The summed E-state index contributed by atoms with van der Waals surface area (Å²) in [6.07, 6.45) is 2.86. The van der Waals surface area contributed by atoms with Crippen LogP contribution in [-0.4, -0.2) is 57.6 Å². The quantitative estimate of drug-likeness (QED) is 0.595. The molecule has 0 saturated carbocycles. The van der Waals surface area contributed by atoms with E-state index in [2.05, 4.69) is 25.3 Å². The van der Waals surface area contributed by atoms with E-state index in [4.69, 9.17) is 4.74 Å². The van der Waals surface area contributed by atoms with Gasteiger partial charge in [-0.25, -0.2) is 9.50 Å². The zero-order valence-electron chi connectivity index (χ0n) is 17.7. The molecule has 164 valence electrons. The van der Waals surface area contributed by atoms with Gasteiger partial charge in [0.2, 0.25) is 5.95 Å². The molecule has 3 aromatic rings. The summed E-state index contributed by atoms with van der Waals surface area (Å²) < 4.78 is 22.2. The van der Waals surface area contributed by atoms with Crippen LogP contribution in [0.15, 0.2) is 29.2 Å². The van der Waals surface area contributed by atoms with Crippen molar-refractivity contribution >= 4 is 11.6 Å². The Balaban J connectivity index is 1.49. The molecule has 1 aliphatic heterocycles. The fraction of sp³-hybridized carbons (Fsp3) is 0.429. The molecule has 9 nitrogen and oxygen atoms in total. The van der Waals surface area contributed by atoms with Crippen molar-refractivity contribution in [3.8, 4) is 0 Å². The molecule has 31 heavy (non-hydrogen) atoms. The van der Waals surface area contributed by atoms with Crippen LogP contribution in [0.2, 0.25) is 0 Å². The van der Waals surface area contributed by atoms with Crippen molar-refractivity contribution in [1.82, 2.24) is 29.8 Å². The van der Waals surface area contributed by atoms with Crippen LogP contribution in [0.5, 0.6) is 0 Å². The first-order valence-electron chi connectivity index (χ1n) is 10.1. The number of methoxy groups -OCH3 is 1. The highest BCUT2D eigenvalue weighted by atomic mass is 19.1. The third kappa shape index (κ3) is 3.96. The minimum Gasteiger partial charge on any atom is -0.373 e. The van der Waals surface area contributed by atoms with Crippen LogP contribution in [0.25, 0.3) is 5.65 Å². The summed E-state index contributed by atoms with van der Waals surface area (Å²) in [6.45, 7) is 3.70. The number of aromatic amines is 1. The van der Waals surface area contributed by atoms with Crippen LogP contribution in [0.4, 0.5) is 4.39 Å². The van der Waals surface area contributed by atoms with Gasteiger partial charge in [0, 0.05) is 57.2 Å². The Kier molecular flexibility index (Phi) is 5.59. The van der Waals surface area contributed by atoms with Gasteiger partial charge >= 0.3 is 0 Å². The zero-order chi connectivity index (χ0) is 22.2. The molecule has 3 aromatic heterocycles. The molecule has 0 spiro atoms. The smallest absolute Gasteiger partial charge is 0.269 e. The van der Waals surface area contributed by atoms with Crippen molar-refractivity contribution in [3.05, 3.63) is 63.2 Å². The maximum absolute atomic E-state index is 14.8. The number of pyridine rings is 1. The predicted molar refractivity (Wildman–Crippen MR) is 111 cm³/mol. The van der Waals surface area contributed by atoms with Gasteiger partial charge in [0.15, 0.2) is 0 Å². The van der Waals surface area contributed by atoms with Crippen LogP contribution in [0.3, 0.4) is 0 Å². The highest BCUT2D eigenvalue weighted by Gasteiger charge is 2.39. The molecule has 0 aliphatic carbocycles. The van der Waals surface area contributed by atoms with E-state index in [1.54, 1.807) is 30.8 Å². The molecule has 0 aromatic carbocycles. The van der Waals surface area contributed by atoms with E-state index in [-0.39, 0.29) is 11.3 Å². The number of amides is 1. The summed E-state index contributed by atoms with van der Waals surface area (Å²) >= 11 is 0. The number of piperidine rings is 1. The van der Waals surface area contributed by atoms with Crippen LogP contribution in [-0.2, 0) is 16.9 Å². The van der Waals surface area contributed by atoms with E-state index >= 15 is 0 Å². The lowest BCUT2D eigenvalue weighted by Crippen LogP contribution is -2.44. The average Bonchev–Trinajstić information content (AvgIpc) is 3.15. The standard InChI is InChI=1S/C21H25FN6O3/c1-13-11-28-17(25-19(13)29)10-14(26-28)12-27-8-6-21(31-3,7-9-27)15-4-5-16(20(30)23-2)24-18(15)22/h4-5,10-11H,6-9,12H2,1-3H3,(H,23,30)(H,25,29). The minimum absolute atomic E-state index is 0.0348. The Labute approximate surface area is 178 Å². The molecule has 4 rings (SSSR count). The molecule has 1 aliphatic rings. The van der Waals surface area contributed by atoms with Crippen molar-refractivity contribution in [2.24, 2.45) is 0 Å². The Morgan fingerprint density at radius 1 is 1.35 bits per heavy atom. The average molecular weight is 428 g/mol. The first-order valence-corrected chi connectivity index (χ1v) is 10.1. The van der Waals surface area contributed by atoms with E-state index in [1.807, 2.05) is 6.07 Å². The number of fused-ring (bicyclic) bond motifs is 1. The van der Waals surface area contributed by atoms with Gasteiger partial charge < -0.3 is 15.0 Å². The van der Waals surface area contributed by atoms with Crippen LogP contribution < -0.4 is 10.9 Å². The molecule has 0 atom stereocenters. The minimum atomic E-state index is -0.796. The maximum Gasteiger partial charge on any atom is 0.269 e. The van der Waals surface area contributed by atoms with Gasteiger partial charge in [-0.3, -0.25) is 14.5 Å². The second kappa shape index (κ2) is 8.20. The second-order valence-corrected chi connectivity index (χ2v) is 7.82. The number of hydrogen-bond donors (Lipinski definition) is 2. The number of aryl methyl sites for hydroxylation is 1. The number of halogens is 1. The zero-order valence-corrected chi connectivity index (χ0v) is 17.7. The van der Waals surface area contributed by atoms with E-state index < -0.39 is 17.5 Å². The van der Waals surface area contributed by atoms with Gasteiger partial charge in [-0.05, 0) is 31.9 Å². The topological polar surface area (TPSA) is 105 Å². The van der Waals surface area contributed by atoms with E-state index in [0.717, 1.165) is 5.69 Å². The number of aromatic nitrogens is 4. The highest BCUT2D eigenvalue weighted by Crippen LogP contribution is 2.37. The van der Waals surface area contributed by atoms with Crippen molar-refractivity contribution < 1.29 is 13.9 Å². The molecule has 1 amide bonds. The summed E-state index contributed by atoms with van der Waals surface area (Å²) in [6, 6.07) is 4.97. The number of carbonyl (C=O) groups excluding carboxylic acids is 1. The van der Waals surface area contributed by atoms with Crippen LogP contribution in [0.1, 0.15) is 40.2 Å². The monoisotopic (exact) mass is 428 g/mol. The number of rotatable bonds is 5. The molecule has 1 fully saturated rings. The summed E-state index contributed by atoms with van der Waals surface area (Å²) in [7, 11) is 3.05. The summed E-state index contributed by atoms with van der Waals surface area (Å²) in [5.74, 6) is -1.12. The largest absolute Gasteiger partial charge is 0.373 e. The van der Waals surface area contributed by atoms with E-state index in [0.29, 0.717) is 49.2 Å². The fourth-order valence-corrected chi connectivity index (χ4v) is 4.08. The molecule has 0 bridgehead atoms. The van der Waals surface area contributed by atoms with Crippen LogP contribution in [0, 0.1) is 12.9 Å².